The summed E-state index contributed by atoms with van der Waals surface area (Å²) < 4.78 is 5.38. The fraction of sp³-hybridized carbons (Fsp3) is 0.375. The second kappa shape index (κ2) is 7.55. The van der Waals surface area contributed by atoms with Gasteiger partial charge in [0.25, 0.3) is 0 Å². The summed E-state index contributed by atoms with van der Waals surface area (Å²) >= 11 is 6.27. The molecule has 3 aliphatic rings. The van der Waals surface area contributed by atoms with Crippen LogP contribution in [0.4, 0.5) is 5.69 Å². The predicted molar refractivity (Wildman–Crippen MR) is 121 cm³/mol. The van der Waals surface area contributed by atoms with E-state index in [9.17, 15) is 19.5 Å². The van der Waals surface area contributed by atoms with Crippen LogP contribution < -0.4 is 15.4 Å². The molecule has 5 atom stereocenters. The van der Waals surface area contributed by atoms with Crippen molar-refractivity contribution in [1.82, 2.24) is 10.2 Å². The molecule has 3 amide bonds. The van der Waals surface area contributed by atoms with E-state index in [0.717, 1.165) is 0 Å². The smallest absolute Gasteiger partial charge is 0.250 e. The van der Waals surface area contributed by atoms with Crippen LogP contribution >= 0.6 is 11.6 Å². The Morgan fingerprint density at radius 1 is 1.18 bits per heavy atom. The number of hydrogen-bond acceptors (Lipinski definition) is 6. The topological polar surface area (TPSA) is 108 Å². The molecule has 1 spiro atoms. The van der Waals surface area contributed by atoms with Crippen LogP contribution in [-0.2, 0) is 26.5 Å². The van der Waals surface area contributed by atoms with E-state index in [4.69, 9.17) is 16.3 Å². The number of ether oxygens (including phenoxy) is 1. The van der Waals surface area contributed by atoms with E-state index in [0.29, 0.717) is 33.1 Å². The van der Waals surface area contributed by atoms with Gasteiger partial charge in [0.15, 0.2) is 0 Å². The zero-order valence-corrected chi connectivity index (χ0v) is 19.1. The third-order valence-electron chi connectivity index (χ3n) is 7.15. The normalized spacial score (nSPS) is 28.8. The molecule has 2 aromatic rings. The number of amides is 3. The fourth-order valence-electron chi connectivity index (χ4n) is 5.55. The summed E-state index contributed by atoms with van der Waals surface area (Å²) in [7, 11) is 1.52. The van der Waals surface area contributed by atoms with Gasteiger partial charge < -0.3 is 15.2 Å². The van der Waals surface area contributed by atoms with Crippen LogP contribution in [0.15, 0.2) is 36.4 Å². The summed E-state index contributed by atoms with van der Waals surface area (Å²) in [5.74, 6) is -2.63. The number of aliphatic hydroxyl groups is 1. The third-order valence-corrected chi connectivity index (χ3v) is 7.56. The Morgan fingerprint density at radius 2 is 1.91 bits per heavy atom. The first-order valence-electron chi connectivity index (χ1n) is 10.8. The highest BCUT2D eigenvalue weighted by molar-refractivity contribution is 6.32. The Morgan fingerprint density at radius 3 is 2.61 bits per heavy atom. The fourth-order valence-corrected chi connectivity index (χ4v) is 5.71. The molecule has 5 rings (SSSR count). The highest BCUT2D eigenvalue weighted by atomic mass is 35.5. The molecule has 2 fully saturated rings. The molecule has 0 saturated carbocycles. The van der Waals surface area contributed by atoms with Gasteiger partial charge >= 0.3 is 0 Å². The lowest BCUT2D eigenvalue weighted by molar-refractivity contribution is -0.143. The number of rotatable bonds is 4. The van der Waals surface area contributed by atoms with Gasteiger partial charge in [-0.25, -0.2) is 0 Å². The van der Waals surface area contributed by atoms with Crippen molar-refractivity contribution in [3.63, 3.8) is 0 Å². The van der Waals surface area contributed by atoms with E-state index < -0.39 is 47.2 Å². The van der Waals surface area contributed by atoms with E-state index in [1.165, 1.54) is 12.0 Å². The average molecular weight is 470 g/mol. The number of imide groups is 1. The molecule has 0 aromatic heterocycles. The number of benzene rings is 2. The van der Waals surface area contributed by atoms with E-state index >= 15 is 0 Å². The van der Waals surface area contributed by atoms with Crippen molar-refractivity contribution in [3.05, 3.63) is 58.1 Å². The molecule has 2 aromatic carbocycles. The van der Waals surface area contributed by atoms with Gasteiger partial charge in [-0.3, -0.25) is 24.6 Å². The average Bonchev–Trinajstić information content (AvgIpc) is 3.38. The zero-order valence-electron chi connectivity index (χ0n) is 18.4. The van der Waals surface area contributed by atoms with E-state index in [-0.39, 0.29) is 6.54 Å². The maximum absolute atomic E-state index is 13.8. The molecule has 172 valence electrons. The van der Waals surface area contributed by atoms with Crippen molar-refractivity contribution in [2.24, 2.45) is 11.8 Å². The Bertz CT molecular complexity index is 1200. The summed E-state index contributed by atoms with van der Waals surface area (Å²) in [5.41, 5.74) is 0.984. The van der Waals surface area contributed by atoms with Crippen LogP contribution in [0.1, 0.15) is 23.6 Å². The van der Waals surface area contributed by atoms with Gasteiger partial charge in [-0.05, 0) is 31.5 Å². The molecule has 33 heavy (non-hydrogen) atoms. The molecular weight excluding hydrogens is 446 g/mol. The van der Waals surface area contributed by atoms with E-state index in [1.54, 1.807) is 50.2 Å². The lowest BCUT2D eigenvalue weighted by Crippen LogP contribution is -2.54. The van der Waals surface area contributed by atoms with Crippen molar-refractivity contribution in [1.29, 1.82) is 0 Å². The molecule has 0 unspecified atom stereocenters. The number of halogens is 1. The second-order valence-corrected chi connectivity index (χ2v) is 9.25. The lowest BCUT2D eigenvalue weighted by Gasteiger charge is -2.30. The summed E-state index contributed by atoms with van der Waals surface area (Å²) in [6.45, 7) is 3.36. The highest BCUT2D eigenvalue weighted by Gasteiger charge is 2.71. The van der Waals surface area contributed by atoms with Crippen LogP contribution in [0, 0.1) is 18.8 Å². The Hall–Kier alpha value is -2.94. The van der Waals surface area contributed by atoms with Crippen molar-refractivity contribution >= 4 is 35.0 Å². The standard InChI is InChI=1S/C24H24ClN3O5/c1-11-15(25)9-8-14-19(11)26-23(32)24(14)18-17(20(27-24)12(2)29)21(30)28(22(18)31)10-13-6-4-5-7-16(13)33-3/h4-9,12,17-18,20,27,29H,10H2,1-3H3,(H,26,32)/t12-,17-,18-,20-,24+/m0/s1. The molecular formula is C24H24ClN3O5. The van der Waals surface area contributed by atoms with E-state index in [2.05, 4.69) is 10.6 Å². The number of fused-ring (bicyclic) bond motifs is 4. The minimum Gasteiger partial charge on any atom is -0.496 e. The molecule has 2 saturated heterocycles. The number of likely N-dealkylation sites (tertiary alicyclic amines) is 1. The Balaban J connectivity index is 1.63. The number of methoxy groups -OCH3 is 1. The lowest BCUT2D eigenvalue weighted by atomic mass is 9.76. The van der Waals surface area contributed by atoms with Crippen molar-refractivity contribution in [2.45, 2.75) is 38.1 Å². The zero-order chi connectivity index (χ0) is 23.7. The summed E-state index contributed by atoms with van der Waals surface area (Å²) in [4.78, 5) is 42.0. The first-order chi connectivity index (χ1) is 15.7. The molecule has 3 N–H and O–H groups in total. The number of anilines is 1. The first-order valence-corrected chi connectivity index (χ1v) is 11.1. The summed E-state index contributed by atoms with van der Waals surface area (Å²) in [6.07, 6.45) is -0.968. The maximum atomic E-state index is 13.8. The predicted octanol–water partition coefficient (Wildman–Crippen LogP) is 1.96. The number of hydrogen-bond donors (Lipinski definition) is 3. The van der Waals surface area contributed by atoms with Gasteiger partial charge in [0, 0.05) is 22.2 Å². The molecule has 0 aliphatic carbocycles. The number of nitrogens with one attached hydrogen (secondary N) is 2. The maximum Gasteiger partial charge on any atom is 0.250 e. The van der Waals surface area contributed by atoms with Crippen molar-refractivity contribution in [2.75, 3.05) is 12.4 Å². The van der Waals surface area contributed by atoms with Crippen molar-refractivity contribution in [3.8, 4) is 5.75 Å². The van der Waals surface area contributed by atoms with Gasteiger partial charge in [-0.1, -0.05) is 35.9 Å². The largest absolute Gasteiger partial charge is 0.496 e. The number of aliphatic hydroxyl groups excluding tert-OH is 1. The van der Waals surface area contributed by atoms with Gasteiger partial charge in [0.1, 0.15) is 11.3 Å². The number of carbonyl (C=O) groups excluding carboxylic acids is 3. The molecule has 0 radical (unpaired) electrons. The van der Waals surface area contributed by atoms with Crippen molar-refractivity contribution < 1.29 is 24.2 Å². The van der Waals surface area contributed by atoms with Gasteiger partial charge in [-0.15, -0.1) is 0 Å². The Labute approximate surface area is 195 Å². The Kier molecular flexibility index (Phi) is 5.00. The first kappa shape index (κ1) is 21.9. The quantitative estimate of drug-likeness (QED) is 0.591. The second-order valence-electron chi connectivity index (χ2n) is 8.85. The van der Waals surface area contributed by atoms with Crippen LogP contribution in [0.5, 0.6) is 5.75 Å². The highest BCUT2D eigenvalue weighted by Crippen LogP contribution is 2.54. The van der Waals surface area contributed by atoms with E-state index in [1.807, 2.05) is 0 Å². The van der Waals surface area contributed by atoms with Gasteiger partial charge in [0.2, 0.25) is 17.7 Å². The third kappa shape index (κ3) is 2.87. The molecule has 3 aliphatic heterocycles. The summed E-state index contributed by atoms with van der Waals surface area (Å²) in [5, 5.41) is 17.1. The van der Waals surface area contributed by atoms with Crippen LogP contribution in [0.2, 0.25) is 5.02 Å². The number of nitrogens with zero attached hydrogens (tertiary/aromatic N) is 1. The minimum atomic E-state index is -1.47. The monoisotopic (exact) mass is 469 g/mol. The molecule has 3 heterocycles. The van der Waals surface area contributed by atoms with Crippen LogP contribution in [0.3, 0.4) is 0 Å². The van der Waals surface area contributed by atoms with Crippen LogP contribution in [-0.4, -0.2) is 47.0 Å². The molecule has 8 nitrogen and oxygen atoms in total. The number of carbonyl (C=O) groups is 3. The van der Waals surface area contributed by atoms with Gasteiger partial charge in [0.05, 0.1) is 37.3 Å². The SMILES string of the molecule is COc1ccccc1CN1C(=O)[C@@H]2[C@H]([C@H](C)O)N[C@@]3(C(=O)Nc4c3ccc(Cl)c4C)[C@@H]2C1=O. The molecule has 0 bridgehead atoms. The van der Waals surface area contributed by atoms with Crippen LogP contribution in [0.25, 0.3) is 0 Å². The molecule has 9 heteroatoms. The summed E-state index contributed by atoms with van der Waals surface area (Å²) in [6, 6.07) is 9.77. The minimum absolute atomic E-state index is 0.0193. The van der Waals surface area contributed by atoms with Gasteiger partial charge in [-0.2, -0.15) is 0 Å². The number of para-hydroxylation sites is 1.